The summed E-state index contributed by atoms with van der Waals surface area (Å²) >= 11 is 6.07. The zero-order chi connectivity index (χ0) is 25.1. The van der Waals surface area contributed by atoms with E-state index in [9.17, 15) is 13.2 Å². The number of nitrogens with one attached hydrogen (secondary N) is 1. The van der Waals surface area contributed by atoms with Crippen LogP contribution in [0.1, 0.15) is 42.5 Å². The van der Waals surface area contributed by atoms with Gasteiger partial charge in [0.2, 0.25) is 0 Å². The van der Waals surface area contributed by atoms with E-state index in [1.165, 1.54) is 30.7 Å². The van der Waals surface area contributed by atoms with Crippen LogP contribution in [0.3, 0.4) is 0 Å². The number of piperazine rings is 1. The third kappa shape index (κ3) is 5.08. The molecule has 8 heteroatoms. The highest BCUT2D eigenvalue weighted by atomic mass is 35.5. The number of hydrogen-bond acceptors (Lipinski definition) is 4. The third-order valence-corrected chi connectivity index (χ3v) is 9.07. The van der Waals surface area contributed by atoms with Crippen molar-refractivity contribution in [1.29, 1.82) is 0 Å². The maximum absolute atomic E-state index is 13.6. The summed E-state index contributed by atoms with van der Waals surface area (Å²) in [5.41, 5.74) is 2.16. The summed E-state index contributed by atoms with van der Waals surface area (Å²) in [6, 6.07) is 23.9. The van der Waals surface area contributed by atoms with Crippen LogP contribution in [-0.4, -0.2) is 44.4 Å². The number of hydrogen-bond donors (Lipinski definition) is 1. The highest BCUT2D eigenvalue weighted by Gasteiger charge is 2.39. The fourth-order valence-electron chi connectivity index (χ4n) is 5.45. The summed E-state index contributed by atoms with van der Waals surface area (Å²) in [7, 11) is -3.83. The molecule has 1 aliphatic heterocycles. The minimum atomic E-state index is -3.83. The summed E-state index contributed by atoms with van der Waals surface area (Å²) in [5.74, 6) is 0.000114. The number of fused-ring (bicyclic) bond motifs is 1. The summed E-state index contributed by atoms with van der Waals surface area (Å²) in [6.07, 6.45) is 5.56. The highest BCUT2D eigenvalue weighted by Crippen LogP contribution is 2.33. The molecule has 1 N–H and O–H groups in total. The van der Waals surface area contributed by atoms with E-state index in [-0.39, 0.29) is 21.9 Å². The van der Waals surface area contributed by atoms with Crippen LogP contribution in [0.5, 0.6) is 0 Å². The molecule has 2 aliphatic rings. The molecule has 6 nitrogen and oxygen atoms in total. The Balaban J connectivity index is 1.34. The van der Waals surface area contributed by atoms with Crippen molar-refractivity contribution in [3.63, 3.8) is 0 Å². The molecule has 0 spiro atoms. The maximum atomic E-state index is 13.6. The third-order valence-electron chi connectivity index (χ3n) is 7.19. The molecule has 1 saturated carbocycles. The van der Waals surface area contributed by atoms with Crippen LogP contribution in [0, 0.1) is 0 Å². The van der Waals surface area contributed by atoms with E-state index in [1.54, 1.807) is 36.4 Å². The van der Waals surface area contributed by atoms with Gasteiger partial charge in [0.1, 0.15) is 4.90 Å². The number of nitrogens with zero attached hydrogens (tertiary/aromatic N) is 2. The molecule has 188 valence electrons. The van der Waals surface area contributed by atoms with Crippen LogP contribution < -0.4 is 9.62 Å². The Morgan fingerprint density at radius 1 is 0.806 bits per heavy atom. The second kappa shape index (κ2) is 10.5. The lowest BCUT2D eigenvalue weighted by Crippen LogP contribution is -2.61. The quantitative estimate of drug-likeness (QED) is 0.458. The Bertz CT molecular complexity index is 1320. The van der Waals surface area contributed by atoms with E-state index >= 15 is 0 Å². The summed E-state index contributed by atoms with van der Waals surface area (Å²) < 4.78 is 28.1. The number of halogens is 1. The molecule has 2 unspecified atom stereocenters. The van der Waals surface area contributed by atoms with Crippen LogP contribution in [0.25, 0.3) is 0 Å². The van der Waals surface area contributed by atoms with E-state index in [2.05, 4.69) is 33.9 Å². The summed E-state index contributed by atoms with van der Waals surface area (Å²) in [5, 5.41) is 0.157. The smallest absolute Gasteiger partial charge is 0.263 e. The van der Waals surface area contributed by atoms with Crippen molar-refractivity contribution in [2.75, 3.05) is 22.7 Å². The topological polar surface area (TPSA) is 69.7 Å². The molecular formula is C28H30ClN3O3S. The van der Waals surface area contributed by atoms with Crippen LogP contribution >= 0.6 is 11.6 Å². The van der Waals surface area contributed by atoms with Crippen LogP contribution in [0.4, 0.5) is 11.4 Å². The Morgan fingerprint density at radius 2 is 1.47 bits per heavy atom. The predicted octanol–water partition coefficient (Wildman–Crippen LogP) is 5.80. The minimum absolute atomic E-state index is 0.000114. The SMILES string of the molecule is O=C(c1ccc(NS(=O)(=O)c2ccccc2Cl)cc1)N1CCN(c2ccccc2)C2CCCCCC21. The van der Waals surface area contributed by atoms with Crippen LogP contribution in [-0.2, 0) is 10.0 Å². The van der Waals surface area contributed by atoms with E-state index in [1.807, 2.05) is 11.0 Å². The van der Waals surface area contributed by atoms with Gasteiger partial charge in [-0.15, -0.1) is 0 Å². The van der Waals surface area contributed by atoms with Crippen LogP contribution in [0.15, 0.2) is 83.8 Å². The Hall–Kier alpha value is -3.03. The lowest BCUT2D eigenvalue weighted by Gasteiger charge is -2.48. The molecule has 1 saturated heterocycles. The van der Waals surface area contributed by atoms with Crippen molar-refractivity contribution in [1.82, 2.24) is 4.90 Å². The molecular weight excluding hydrogens is 494 g/mol. The van der Waals surface area contributed by atoms with Gasteiger partial charge in [0.05, 0.1) is 11.1 Å². The first-order chi connectivity index (χ1) is 17.4. The number of amides is 1. The monoisotopic (exact) mass is 523 g/mol. The summed E-state index contributed by atoms with van der Waals surface area (Å²) in [6.45, 7) is 1.46. The van der Waals surface area contributed by atoms with Gasteiger partial charge >= 0.3 is 0 Å². The Labute approximate surface area is 217 Å². The zero-order valence-corrected chi connectivity index (χ0v) is 21.6. The molecule has 1 heterocycles. The average Bonchev–Trinajstić information content (AvgIpc) is 3.15. The normalized spacial score (nSPS) is 20.4. The molecule has 3 aromatic carbocycles. The Morgan fingerprint density at radius 3 is 2.19 bits per heavy atom. The van der Waals surface area contributed by atoms with Crippen molar-refractivity contribution < 1.29 is 13.2 Å². The number of benzene rings is 3. The van der Waals surface area contributed by atoms with Crippen molar-refractivity contribution in [2.24, 2.45) is 0 Å². The van der Waals surface area contributed by atoms with Crippen molar-refractivity contribution in [3.8, 4) is 0 Å². The molecule has 0 aromatic heterocycles. The molecule has 2 atom stereocenters. The van der Waals surface area contributed by atoms with Crippen molar-refractivity contribution in [3.05, 3.63) is 89.4 Å². The number of carbonyl (C=O) groups excluding carboxylic acids is 1. The largest absolute Gasteiger partial charge is 0.365 e. The Kier molecular flexibility index (Phi) is 7.21. The van der Waals surface area contributed by atoms with Gasteiger partial charge in [-0.25, -0.2) is 8.42 Å². The number of carbonyl (C=O) groups is 1. The molecule has 36 heavy (non-hydrogen) atoms. The van der Waals surface area contributed by atoms with Crippen molar-refractivity contribution >= 4 is 38.9 Å². The number of sulfonamides is 1. The van der Waals surface area contributed by atoms with Gasteiger partial charge < -0.3 is 9.80 Å². The molecule has 5 rings (SSSR count). The average molecular weight is 524 g/mol. The molecule has 3 aromatic rings. The number of para-hydroxylation sites is 1. The lowest BCUT2D eigenvalue weighted by atomic mass is 9.94. The predicted molar refractivity (Wildman–Crippen MR) is 144 cm³/mol. The van der Waals surface area contributed by atoms with Gasteiger partial charge in [-0.3, -0.25) is 9.52 Å². The first kappa shape index (κ1) is 24.7. The molecule has 0 radical (unpaired) electrons. The standard InChI is InChI=1S/C28H30ClN3O3S/c29-24-11-7-8-14-27(24)36(34,35)30-22-17-15-21(16-18-22)28(33)32-20-19-31(23-9-3-1-4-10-23)25-12-5-2-6-13-26(25)32/h1,3-4,7-11,14-18,25-26,30H,2,5-6,12-13,19-20H2. The number of anilines is 2. The molecule has 0 bridgehead atoms. The number of rotatable bonds is 5. The lowest BCUT2D eigenvalue weighted by molar-refractivity contribution is 0.0590. The second-order valence-electron chi connectivity index (χ2n) is 9.41. The fraction of sp³-hybridized carbons (Fsp3) is 0.321. The second-order valence-corrected chi connectivity index (χ2v) is 11.5. The first-order valence-corrected chi connectivity index (χ1v) is 14.3. The van der Waals surface area contributed by atoms with E-state index in [0.717, 1.165) is 25.8 Å². The van der Waals surface area contributed by atoms with E-state index < -0.39 is 10.0 Å². The summed E-state index contributed by atoms with van der Waals surface area (Å²) in [4.78, 5) is 18.2. The van der Waals surface area contributed by atoms with Gasteiger partial charge in [-0.05, 0) is 61.4 Å². The van der Waals surface area contributed by atoms with Gasteiger partial charge in [0.15, 0.2) is 0 Å². The van der Waals surface area contributed by atoms with Gasteiger partial charge in [0, 0.05) is 36.1 Å². The van der Waals surface area contributed by atoms with Crippen molar-refractivity contribution in [2.45, 2.75) is 49.1 Å². The van der Waals surface area contributed by atoms with Gasteiger partial charge in [-0.2, -0.15) is 0 Å². The zero-order valence-electron chi connectivity index (χ0n) is 20.0. The highest BCUT2D eigenvalue weighted by molar-refractivity contribution is 7.92. The fourth-order valence-corrected chi connectivity index (χ4v) is 7.03. The molecule has 2 fully saturated rings. The van der Waals surface area contributed by atoms with Gasteiger partial charge in [0.25, 0.3) is 15.9 Å². The van der Waals surface area contributed by atoms with Gasteiger partial charge in [-0.1, -0.05) is 61.2 Å². The van der Waals surface area contributed by atoms with E-state index in [0.29, 0.717) is 23.8 Å². The minimum Gasteiger partial charge on any atom is -0.365 e. The van der Waals surface area contributed by atoms with E-state index in [4.69, 9.17) is 11.6 Å². The maximum Gasteiger partial charge on any atom is 0.263 e. The molecule has 1 amide bonds. The van der Waals surface area contributed by atoms with Crippen LogP contribution in [0.2, 0.25) is 5.02 Å². The molecule has 1 aliphatic carbocycles. The first-order valence-electron chi connectivity index (χ1n) is 12.4.